The minimum absolute atomic E-state index is 0.0917. The molecule has 0 amide bonds. The number of sulfonamides is 1. The van der Waals surface area contributed by atoms with Gasteiger partial charge in [0.25, 0.3) is 0 Å². The molecule has 0 aromatic heterocycles. The molecular weight excluding hydrogens is 302 g/mol. The van der Waals surface area contributed by atoms with Gasteiger partial charge in [-0.2, -0.15) is 0 Å². The minimum atomic E-state index is -3.16. The molecule has 2 rings (SSSR count). The molecule has 1 aromatic rings. The molecule has 1 heterocycles. The van der Waals surface area contributed by atoms with Gasteiger partial charge in [0.1, 0.15) is 0 Å². The van der Waals surface area contributed by atoms with E-state index in [-0.39, 0.29) is 5.75 Å². The van der Waals surface area contributed by atoms with Gasteiger partial charge in [-0.25, -0.2) is 12.7 Å². The fourth-order valence-corrected chi connectivity index (χ4v) is 4.30. The predicted molar refractivity (Wildman–Crippen MR) is 72.2 cm³/mol. The third-order valence-corrected chi connectivity index (χ3v) is 5.61. The van der Waals surface area contributed by atoms with Crippen LogP contribution in [0.3, 0.4) is 0 Å². The highest BCUT2D eigenvalue weighted by Crippen LogP contribution is 2.22. The van der Waals surface area contributed by atoms with Crippen LogP contribution in [0.1, 0.15) is 24.8 Å². The first kappa shape index (κ1) is 13.1. The van der Waals surface area contributed by atoms with E-state index >= 15 is 0 Å². The first-order valence-electron chi connectivity index (χ1n) is 5.81. The van der Waals surface area contributed by atoms with Crippen LogP contribution in [0.25, 0.3) is 0 Å². The Labute approximate surface area is 111 Å². The Morgan fingerprint density at radius 2 is 1.76 bits per heavy atom. The second-order valence-corrected chi connectivity index (χ2v) is 7.13. The van der Waals surface area contributed by atoms with Gasteiger partial charge in [-0.3, -0.25) is 0 Å². The number of piperidine rings is 1. The Kier molecular flexibility index (Phi) is 4.22. The van der Waals surface area contributed by atoms with Crippen molar-refractivity contribution in [3.05, 3.63) is 34.3 Å². The van der Waals surface area contributed by atoms with E-state index in [0.29, 0.717) is 13.1 Å². The summed E-state index contributed by atoms with van der Waals surface area (Å²) in [4.78, 5) is 0. The maximum atomic E-state index is 12.2. The lowest BCUT2D eigenvalue weighted by atomic mass is 10.2. The smallest absolute Gasteiger partial charge is 0.212 e. The molecule has 1 aliphatic rings. The van der Waals surface area contributed by atoms with E-state index < -0.39 is 10.0 Å². The highest BCUT2D eigenvalue weighted by molar-refractivity contribution is 9.10. The molecule has 1 fully saturated rings. The average Bonchev–Trinajstić information content (AvgIpc) is 2.33. The molecule has 0 unspecified atom stereocenters. The maximum Gasteiger partial charge on any atom is 0.218 e. The van der Waals surface area contributed by atoms with Crippen LogP contribution >= 0.6 is 15.9 Å². The maximum absolute atomic E-state index is 12.2. The van der Waals surface area contributed by atoms with Crippen molar-refractivity contribution < 1.29 is 8.42 Å². The zero-order chi connectivity index (χ0) is 12.3. The van der Waals surface area contributed by atoms with Crippen molar-refractivity contribution in [1.82, 2.24) is 4.31 Å². The molecular formula is C12H16BrNO2S. The summed E-state index contributed by atoms with van der Waals surface area (Å²) in [5.74, 6) is 0.0917. The SMILES string of the molecule is O=S(=O)(Cc1ccccc1Br)N1CCCCC1. The van der Waals surface area contributed by atoms with Gasteiger partial charge < -0.3 is 0 Å². The molecule has 3 nitrogen and oxygen atoms in total. The molecule has 0 radical (unpaired) electrons. The molecule has 1 aliphatic heterocycles. The van der Waals surface area contributed by atoms with Crippen molar-refractivity contribution >= 4 is 26.0 Å². The first-order chi connectivity index (χ1) is 8.09. The van der Waals surface area contributed by atoms with Crippen molar-refractivity contribution in [2.75, 3.05) is 13.1 Å². The Balaban J connectivity index is 2.14. The van der Waals surface area contributed by atoms with Gasteiger partial charge >= 0.3 is 0 Å². The van der Waals surface area contributed by atoms with E-state index in [1.807, 2.05) is 24.3 Å². The zero-order valence-electron chi connectivity index (χ0n) is 9.60. The Morgan fingerprint density at radius 3 is 2.41 bits per heavy atom. The molecule has 0 saturated carbocycles. The van der Waals surface area contributed by atoms with Crippen LogP contribution in [0.4, 0.5) is 0 Å². The van der Waals surface area contributed by atoms with E-state index in [9.17, 15) is 8.42 Å². The van der Waals surface area contributed by atoms with Crippen LogP contribution in [0.15, 0.2) is 28.7 Å². The molecule has 0 spiro atoms. The fraction of sp³-hybridized carbons (Fsp3) is 0.500. The normalized spacial score (nSPS) is 18.2. The second-order valence-electron chi connectivity index (χ2n) is 4.31. The minimum Gasteiger partial charge on any atom is -0.212 e. The summed E-state index contributed by atoms with van der Waals surface area (Å²) in [6, 6.07) is 7.49. The van der Waals surface area contributed by atoms with Gasteiger partial charge in [0.2, 0.25) is 10.0 Å². The van der Waals surface area contributed by atoms with Gasteiger partial charge in [-0.15, -0.1) is 0 Å². The number of benzene rings is 1. The number of halogens is 1. The highest BCUT2D eigenvalue weighted by atomic mass is 79.9. The lowest BCUT2D eigenvalue weighted by Crippen LogP contribution is -2.36. The molecule has 0 aliphatic carbocycles. The summed E-state index contributed by atoms with van der Waals surface area (Å²) >= 11 is 3.39. The lowest BCUT2D eigenvalue weighted by Gasteiger charge is -2.26. The monoisotopic (exact) mass is 317 g/mol. The number of nitrogens with zero attached hydrogens (tertiary/aromatic N) is 1. The van der Waals surface area contributed by atoms with Crippen molar-refractivity contribution in [2.24, 2.45) is 0 Å². The quantitative estimate of drug-likeness (QED) is 0.859. The summed E-state index contributed by atoms with van der Waals surface area (Å²) < 4.78 is 26.9. The van der Waals surface area contributed by atoms with E-state index in [2.05, 4.69) is 15.9 Å². The number of rotatable bonds is 3. The van der Waals surface area contributed by atoms with Gasteiger partial charge in [0, 0.05) is 17.6 Å². The molecule has 17 heavy (non-hydrogen) atoms. The predicted octanol–water partition coefficient (Wildman–Crippen LogP) is 2.76. The first-order valence-corrected chi connectivity index (χ1v) is 8.21. The van der Waals surface area contributed by atoms with Crippen molar-refractivity contribution in [2.45, 2.75) is 25.0 Å². The van der Waals surface area contributed by atoms with Crippen molar-refractivity contribution in [3.8, 4) is 0 Å². The summed E-state index contributed by atoms with van der Waals surface area (Å²) in [5.41, 5.74) is 0.832. The van der Waals surface area contributed by atoms with Gasteiger partial charge in [0.15, 0.2) is 0 Å². The summed E-state index contributed by atoms with van der Waals surface area (Å²) in [6.07, 6.45) is 3.10. The standard InChI is InChI=1S/C12H16BrNO2S/c13-12-7-3-2-6-11(12)10-17(15,16)14-8-4-1-5-9-14/h2-3,6-7H,1,4-5,8-10H2. The Hall–Kier alpha value is -0.390. The fourth-order valence-electron chi connectivity index (χ4n) is 2.05. The van der Waals surface area contributed by atoms with Crippen molar-refractivity contribution in [1.29, 1.82) is 0 Å². The lowest BCUT2D eigenvalue weighted by molar-refractivity contribution is 0.346. The van der Waals surface area contributed by atoms with Gasteiger partial charge in [-0.1, -0.05) is 40.5 Å². The molecule has 1 aromatic carbocycles. The number of hydrogen-bond donors (Lipinski definition) is 0. The third kappa shape index (κ3) is 3.30. The van der Waals surface area contributed by atoms with E-state index in [4.69, 9.17) is 0 Å². The zero-order valence-corrected chi connectivity index (χ0v) is 12.0. The van der Waals surface area contributed by atoms with Crippen LogP contribution < -0.4 is 0 Å². The molecule has 5 heteroatoms. The Morgan fingerprint density at radius 1 is 1.12 bits per heavy atom. The highest BCUT2D eigenvalue weighted by Gasteiger charge is 2.24. The van der Waals surface area contributed by atoms with E-state index in [1.54, 1.807) is 4.31 Å². The average molecular weight is 318 g/mol. The molecule has 94 valence electrons. The largest absolute Gasteiger partial charge is 0.218 e. The summed E-state index contributed by atoms with van der Waals surface area (Å²) in [5, 5.41) is 0. The van der Waals surface area contributed by atoms with Crippen LogP contribution in [0, 0.1) is 0 Å². The van der Waals surface area contributed by atoms with Crippen LogP contribution in [-0.4, -0.2) is 25.8 Å². The summed E-state index contributed by atoms with van der Waals surface area (Å²) in [7, 11) is -3.16. The molecule has 0 atom stereocenters. The van der Waals surface area contributed by atoms with Crippen LogP contribution in [-0.2, 0) is 15.8 Å². The van der Waals surface area contributed by atoms with Gasteiger partial charge in [0.05, 0.1) is 5.75 Å². The topological polar surface area (TPSA) is 37.4 Å². The molecule has 1 saturated heterocycles. The van der Waals surface area contributed by atoms with Crippen molar-refractivity contribution in [3.63, 3.8) is 0 Å². The van der Waals surface area contributed by atoms with E-state index in [0.717, 1.165) is 29.3 Å². The number of hydrogen-bond acceptors (Lipinski definition) is 2. The second kappa shape index (κ2) is 5.50. The van der Waals surface area contributed by atoms with Crippen LogP contribution in [0.2, 0.25) is 0 Å². The molecule has 0 N–H and O–H groups in total. The van der Waals surface area contributed by atoms with Crippen LogP contribution in [0.5, 0.6) is 0 Å². The Bertz CT molecular complexity index is 481. The third-order valence-electron chi connectivity index (χ3n) is 3.00. The van der Waals surface area contributed by atoms with E-state index in [1.165, 1.54) is 0 Å². The summed E-state index contributed by atoms with van der Waals surface area (Å²) in [6.45, 7) is 1.35. The molecule has 0 bridgehead atoms. The van der Waals surface area contributed by atoms with Gasteiger partial charge in [-0.05, 0) is 24.5 Å².